The van der Waals surface area contributed by atoms with E-state index in [1.807, 2.05) is 39.0 Å². The summed E-state index contributed by atoms with van der Waals surface area (Å²) in [7, 11) is 0. The van der Waals surface area contributed by atoms with Crippen LogP contribution in [0.5, 0.6) is 0 Å². The number of anilines is 3. The maximum Gasteiger partial charge on any atom is 0.225 e. The minimum Gasteiger partial charge on any atom is -0.350 e. The Labute approximate surface area is 150 Å². The predicted octanol–water partition coefficient (Wildman–Crippen LogP) is 4.77. The zero-order chi connectivity index (χ0) is 18.7. The molecule has 2 N–H and O–H groups in total. The number of aromatic nitrogens is 3. The van der Waals surface area contributed by atoms with E-state index in [0.717, 1.165) is 6.07 Å². The van der Waals surface area contributed by atoms with Crippen LogP contribution in [-0.4, -0.2) is 20.5 Å². The summed E-state index contributed by atoms with van der Waals surface area (Å²) in [6.45, 7) is 5.95. The summed E-state index contributed by atoms with van der Waals surface area (Å²) in [5.41, 5.74) is 1.10. The maximum absolute atomic E-state index is 14.0. The Kier molecular flexibility index (Phi) is 4.79. The van der Waals surface area contributed by atoms with Crippen molar-refractivity contribution in [1.29, 1.82) is 0 Å². The molecular weight excluding hydrogens is 336 g/mol. The molecule has 5 nitrogen and oxygen atoms in total. The van der Waals surface area contributed by atoms with E-state index in [2.05, 4.69) is 25.6 Å². The minimum absolute atomic E-state index is 0.124. The third-order valence-electron chi connectivity index (χ3n) is 3.33. The molecule has 7 heteroatoms. The van der Waals surface area contributed by atoms with Gasteiger partial charge in [0.25, 0.3) is 0 Å². The first-order chi connectivity index (χ1) is 12.3. The summed E-state index contributed by atoms with van der Waals surface area (Å²) in [5, 5.41) is 6.07. The Balaban J connectivity index is 2.01. The Hall–Kier alpha value is -3.09. The Morgan fingerprint density at radius 1 is 0.923 bits per heavy atom. The third-order valence-corrected chi connectivity index (χ3v) is 3.33. The highest BCUT2D eigenvalue weighted by atomic mass is 19.1. The molecule has 2 heterocycles. The first kappa shape index (κ1) is 17.7. The normalized spacial score (nSPS) is 11.3. The summed E-state index contributed by atoms with van der Waals surface area (Å²) < 4.78 is 27.1. The molecule has 0 fully saturated rings. The highest BCUT2D eigenvalue weighted by Gasteiger charge is 2.15. The van der Waals surface area contributed by atoms with Crippen LogP contribution in [0.1, 0.15) is 20.8 Å². The molecule has 2 aromatic heterocycles. The van der Waals surface area contributed by atoms with Crippen LogP contribution < -0.4 is 10.6 Å². The van der Waals surface area contributed by atoms with Crippen molar-refractivity contribution in [3.05, 3.63) is 60.3 Å². The lowest BCUT2D eigenvalue weighted by Crippen LogP contribution is -2.27. The van der Waals surface area contributed by atoms with E-state index in [-0.39, 0.29) is 11.2 Å². The zero-order valence-corrected chi connectivity index (χ0v) is 14.7. The van der Waals surface area contributed by atoms with Gasteiger partial charge in [-0.2, -0.15) is 4.98 Å². The van der Waals surface area contributed by atoms with Crippen LogP contribution in [0.25, 0.3) is 11.4 Å². The topological polar surface area (TPSA) is 62.7 Å². The first-order valence-electron chi connectivity index (χ1n) is 8.11. The molecule has 0 amide bonds. The van der Waals surface area contributed by atoms with Crippen LogP contribution in [0.4, 0.5) is 26.2 Å². The molecule has 0 aliphatic heterocycles. The van der Waals surface area contributed by atoms with Gasteiger partial charge in [-0.05, 0) is 45.0 Å². The van der Waals surface area contributed by atoms with Crippen LogP contribution in [-0.2, 0) is 0 Å². The van der Waals surface area contributed by atoms with Gasteiger partial charge in [0.15, 0.2) is 0 Å². The number of nitrogens with one attached hydrogen (secondary N) is 2. The number of pyridine rings is 1. The standard InChI is InChI=1S/C19H19F2N5/c1-19(2,3)26-18-24-16(15-6-4-5-9-22-15)11-17(25-18)23-14-8-7-12(20)10-13(14)21/h4-11H,1-3H3,(H2,23,24,25,26). The lowest BCUT2D eigenvalue weighted by atomic mass is 10.1. The molecular formula is C19H19F2N5. The van der Waals surface area contributed by atoms with Crippen molar-refractivity contribution in [2.75, 3.05) is 10.6 Å². The van der Waals surface area contributed by atoms with E-state index >= 15 is 0 Å². The number of halogens is 2. The minimum atomic E-state index is -0.701. The van der Waals surface area contributed by atoms with Crippen LogP contribution >= 0.6 is 0 Å². The highest BCUT2D eigenvalue weighted by molar-refractivity contribution is 5.65. The summed E-state index contributed by atoms with van der Waals surface area (Å²) in [4.78, 5) is 13.2. The van der Waals surface area contributed by atoms with Crippen molar-refractivity contribution < 1.29 is 8.78 Å². The van der Waals surface area contributed by atoms with E-state index < -0.39 is 11.6 Å². The van der Waals surface area contributed by atoms with E-state index in [4.69, 9.17) is 0 Å². The van der Waals surface area contributed by atoms with Gasteiger partial charge in [0.05, 0.1) is 17.1 Å². The molecule has 1 aromatic carbocycles. The highest BCUT2D eigenvalue weighted by Crippen LogP contribution is 2.25. The van der Waals surface area contributed by atoms with E-state index in [1.54, 1.807) is 12.3 Å². The molecule has 0 bridgehead atoms. The fourth-order valence-corrected chi connectivity index (χ4v) is 2.28. The van der Waals surface area contributed by atoms with Gasteiger partial charge in [-0.15, -0.1) is 0 Å². The van der Waals surface area contributed by atoms with Gasteiger partial charge in [0.1, 0.15) is 17.5 Å². The average Bonchev–Trinajstić information content (AvgIpc) is 2.56. The third kappa shape index (κ3) is 4.50. The van der Waals surface area contributed by atoms with Crippen molar-refractivity contribution in [1.82, 2.24) is 15.0 Å². The largest absolute Gasteiger partial charge is 0.350 e. The summed E-state index contributed by atoms with van der Waals surface area (Å²) >= 11 is 0. The SMILES string of the molecule is CC(C)(C)Nc1nc(Nc2ccc(F)cc2F)cc(-c2ccccn2)n1. The second-order valence-electron chi connectivity index (χ2n) is 6.80. The molecule has 3 rings (SSSR count). The summed E-state index contributed by atoms with van der Waals surface area (Å²) in [5.74, 6) is -0.586. The van der Waals surface area contributed by atoms with E-state index in [1.165, 1.54) is 12.1 Å². The number of benzene rings is 1. The molecule has 0 unspecified atom stereocenters. The van der Waals surface area contributed by atoms with Crippen LogP contribution in [0.3, 0.4) is 0 Å². The van der Waals surface area contributed by atoms with Crippen molar-refractivity contribution in [3.63, 3.8) is 0 Å². The molecule has 0 aliphatic carbocycles. The summed E-state index contributed by atoms with van der Waals surface area (Å²) in [6.07, 6.45) is 1.67. The van der Waals surface area contributed by atoms with Crippen molar-refractivity contribution >= 4 is 17.5 Å². The van der Waals surface area contributed by atoms with E-state index in [9.17, 15) is 8.78 Å². The van der Waals surface area contributed by atoms with Crippen LogP contribution in [0.2, 0.25) is 0 Å². The van der Waals surface area contributed by atoms with E-state index in [0.29, 0.717) is 23.2 Å². The quantitative estimate of drug-likeness (QED) is 0.706. The van der Waals surface area contributed by atoms with Gasteiger partial charge in [-0.3, -0.25) is 4.98 Å². The Morgan fingerprint density at radius 2 is 1.73 bits per heavy atom. The Bertz CT molecular complexity index is 908. The molecule has 26 heavy (non-hydrogen) atoms. The number of nitrogens with zero attached hydrogens (tertiary/aromatic N) is 3. The van der Waals surface area contributed by atoms with Gasteiger partial charge >= 0.3 is 0 Å². The fourth-order valence-electron chi connectivity index (χ4n) is 2.28. The molecule has 3 aromatic rings. The van der Waals surface area contributed by atoms with Crippen molar-refractivity contribution in [2.24, 2.45) is 0 Å². The number of hydrogen-bond donors (Lipinski definition) is 2. The molecule has 0 radical (unpaired) electrons. The molecule has 0 saturated carbocycles. The van der Waals surface area contributed by atoms with Crippen molar-refractivity contribution in [3.8, 4) is 11.4 Å². The second-order valence-corrected chi connectivity index (χ2v) is 6.80. The first-order valence-corrected chi connectivity index (χ1v) is 8.11. The molecule has 0 aliphatic rings. The number of rotatable bonds is 4. The molecule has 134 valence electrons. The maximum atomic E-state index is 14.0. The molecule has 0 atom stereocenters. The summed E-state index contributed by atoms with van der Waals surface area (Å²) in [6, 6.07) is 10.5. The number of hydrogen-bond acceptors (Lipinski definition) is 5. The van der Waals surface area contributed by atoms with Gasteiger partial charge in [0.2, 0.25) is 5.95 Å². The van der Waals surface area contributed by atoms with Crippen molar-refractivity contribution in [2.45, 2.75) is 26.3 Å². The monoisotopic (exact) mass is 355 g/mol. The van der Waals surface area contributed by atoms with Gasteiger partial charge in [-0.25, -0.2) is 13.8 Å². The van der Waals surface area contributed by atoms with Crippen LogP contribution in [0.15, 0.2) is 48.7 Å². The lowest BCUT2D eigenvalue weighted by molar-refractivity contribution is 0.586. The second kappa shape index (κ2) is 7.03. The smallest absolute Gasteiger partial charge is 0.225 e. The predicted molar refractivity (Wildman–Crippen MR) is 98.3 cm³/mol. The molecule has 0 saturated heterocycles. The molecule has 0 spiro atoms. The van der Waals surface area contributed by atoms with Gasteiger partial charge < -0.3 is 10.6 Å². The zero-order valence-electron chi connectivity index (χ0n) is 14.7. The van der Waals surface area contributed by atoms with Gasteiger partial charge in [-0.1, -0.05) is 6.07 Å². The lowest BCUT2D eigenvalue weighted by Gasteiger charge is -2.21. The Morgan fingerprint density at radius 3 is 2.38 bits per heavy atom. The fraction of sp³-hybridized carbons (Fsp3) is 0.211. The van der Waals surface area contributed by atoms with Gasteiger partial charge in [0, 0.05) is 23.9 Å². The van der Waals surface area contributed by atoms with Crippen LogP contribution in [0, 0.1) is 11.6 Å². The average molecular weight is 355 g/mol.